The largest absolute Gasteiger partial charge is 0.461 e. The van der Waals surface area contributed by atoms with Gasteiger partial charge in [0.1, 0.15) is 5.03 Å². The molecule has 3 aromatic rings. The smallest absolute Gasteiger partial charge is 0.235 e. The van der Waals surface area contributed by atoms with Crippen LogP contribution in [0.2, 0.25) is 0 Å². The normalized spacial score (nSPS) is 12.3. The van der Waals surface area contributed by atoms with E-state index < -0.39 is 0 Å². The molecule has 118 valence electrons. The van der Waals surface area contributed by atoms with E-state index in [1.165, 1.54) is 11.8 Å². The number of carbonyl (C=O) groups excluding carboxylic acids is 1. The number of fused-ring (bicyclic) bond motifs is 1. The number of benzene rings is 1. The average Bonchev–Trinajstić information content (AvgIpc) is 3.08. The van der Waals surface area contributed by atoms with Crippen molar-refractivity contribution < 1.29 is 9.21 Å². The number of hydrogen-bond donors (Lipinski definition) is 0. The Morgan fingerprint density at radius 3 is 2.65 bits per heavy atom. The fourth-order valence-electron chi connectivity index (χ4n) is 2.23. The molecule has 23 heavy (non-hydrogen) atoms. The Labute approximate surface area is 138 Å². The highest BCUT2D eigenvalue weighted by atomic mass is 32.2. The minimum absolute atomic E-state index is 0.0530. The van der Waals surface area contributed by atoms with Crippen molar-refractivity contribution in [1.82, 2.24) is 14.9 Å². The van der Waals surface area contributed by atoms with E-state index in [4.69, 9.17) is 4.42 Å². The third-order valence-corrected chi connectivity index (χ3v) is 4.48. The van der Waals surface area contributed by atoms with Crippen LogP contribution in [0.3, 0.4) is 0 Å². The van der Waals surface area contributed by atoms with E-state index in [0.717, 1.165) is 15.9 Å². The topological polar surface area (TPSA) is 59.2 Å². The number of nitrogens with zero attached hydrogens (tertiary/aromatic N) is 3. The first-order valence-electron chi connectivity index (χ1n) is 7.24. The molecule has 1 aromatic carbocycles. The fraction of sp³-hybridized carbons (Fsp3) is 0.235. The van der Waals surface area contributed by atoms with Gasteiger partial charge in [0.2, 0.25) is 5.91 Å². The van der Waals surface area contributed by atoms with Crippen LogP contribution in [0.4, 0.5) is 0 Å². The van der Waals surface area contributed by atoms with Crippen LogP contribution in [0.1, 0.15) is 6.92 Å². The molecule has 0 aliphatic carbocycles. The van der Waals surface area contributed by atoms with Crippen LogP contribution in [0, 0.1) is 0 Å². The number of hydrogen-bond acceptors (Lipinski definition) is 5. The molecule has 6 heteroatoms. The van der Waals surface area contributed by atoms with Crippen molar-refractivity contribution in [3.05, 3.63) is 42.7 Å². The number of para-hydroxylation sites is 1. The SMILES string of the molecule is C[C@@H](Sc1nc(-c2ccco2)nc2ccccc12)C(=O)N(C)C. The number of carbonyl (C=O) groups is 1. The van der Waals surface area contributed by atoms with Crippen LogP contribution in [0.5, 0.6) is 0 Å². The van der Waals surface area contributed by atoms with Gasteiger partial charge in [-0.25, -0.2) is 9.97 Å². The second-order valence-electron chi connectivity index (χ2n) is 5.34. The van der Waals surface area contributed by atoms with Crippen LogP contribution < -0.4 is 0 Å². The van der Waals surface area contributed by atoms with Gasteiger partial charge in [-0.1, -0.05) is 30.0 Å². The van der Waals surface area contributed by atoms with Gasteiger partial charge in [0.15, 0.2) is 11.6 Å². The van der Waals surface area contributed by atoms with Gasteiger partial charge >= 0.3 is 0 Å². The molecule has 5 nitrogen and oxygen atoms in total. The van der Waals surface area contributed by atoms with E-state index >= 15 is 0 Å². The lowest BCUT2D eigenvalue weighted by Gasteiger charge is -2.16. The first kappa shape index (κ1) is 15.6. The van der Waals surface area contributed by atoms with E-state index in [2.05, 4.69) is 9.97 Å². The third-order valence-electron chi connectivity index (χ3n) is 3.39. The van der Waals surface area contributed by atoms with Crippen molar-refractivity contribution in [2.24, 2.45) is 0 Å². The van der Waals surface area contributed by atoms with Gasteiger partial charge in [-0.3, -0.25) is 4.79 Å². The van der Waals surface area contributed by atoms with Gasteiger partial charge in [0.25, 0.3) is 0 Å². The Balaban J connectivity index is 2.05. The highest BCUT2D eigenvalue weighted by molar-refractivity contribution is 8.00. The minimum atomic E-state index is -0.229. The molecule has 0 saturated carbocycles. The summed E-state index contributed by atoms with van der Waals surface area (Å²) in [6.07, 6.45) is 1.60. The van der Waals surface area contributed by atoms with Gasteiger partial charge < -0.3 is 9.32 Å². The summed E-state index contributed by atoms with van der Waals surface area (Å²) >= 11 is 1.44. The molecule has 2 aromatic heterocycles. The van der Waals surface area contributed by atoms with Crippen LogP contribution in [-0.2, 0) is 4.79 Å². The summed E-state index contributed by atoms with van der Waals surface area (Å²) in [6.45, 7) is 1.89. The number of rotatable bonds is 4. The zero-order valence-corrected chi connectivity index (χ0v) is 14.0. The van der Waals surface area contributed by atoms with Crippen LogP contribution >= 0.6 is 11.8 Å². The predicted octanol–water partition coefficient (Wildman–Crippen LogP) is 3.46. The van der Waals surface area contributed by atoms with Crippen molar-refractivity contribution in [2.75, 3.05) is 14.1 Å². The van der Waals surface area contributed by atoms with Gasteiger partial charge in [-0.2, -0.15) is 0 Å². The Bertz CT molecular complexity index is 831. The Hall–Kier alpha value is -2.34. The first-order chi connectivity index (χ1) is 11.1. The van der Waals surface area contributed by atoms with E-state index in [9.17, 15) is 4.79 Å². The maximum Gasteiger partial charge on any atom is 0.235 e. The van der Waals surface area contributed by atoms with Crippen LogP contribution in [-0.4, -0.2) is 40.1 Å². The third kappa shape index (κ3) is 3.22. The number of aromatic nitrogens is 2. The number of thioether (sulfide) groups is 1. The standard InChI is InChI=1S/C17H17N3O2S/c1-11(17(21)20(2)3)23-16-12-7-4-5-8-13(12)18-15(19-16)14-9-6-10-22-14/h4-11H,1-3H3/t11-/m1/s1. The van der Waals surface area contributed by atoms with Crippen molar-refractivity contribution >= 4 is 28.6 Å². The molecule has 0 bridgehead atoms. The zero-order chi connectivity index (χ0) is 16.4. The molecule has 0 aliphatic rings. The van der Waals surface area contributed by atoms with E-state index in [-0.39, 0.29) is 11.2 Å². The van der Waals surface area contributed by atoms with Gasteiger partial charge in [0, 0.05) is 19.5 Å². The maximum atomic E-state index is 12.1. The summed E-state index contributed by atoms with van der Waals surface area (Å²) in [6, 6.07) is 11.4. The van der Waals surface area contributed by atoms with E-state index in [1.807, 2.05) is 37.3 Å². The molecule has 1 amide bonds. The average molecular weight is 327 g/mol. The van der Waals surface area contributed by atoms with E-state index in [1.54, 1.807) is 31.3 Å². The molecule has 0 aliphatic heterocycles. The van der Waals surface area contributed by atoms with Gasteiger partial charge in [-0.05, 0) is 25.1 Å². The molecule has 0 N–H and O–H groups in total. The lowest BCUT2D eigenvalue weighted by molar-refractivity contribution is -0.127. The summed E-state index contributed by atoms with van der Waals surface area (Å²) in [5.41, 5.74) is 0.834. The fourth-order valence-corrected chi connectivity index (χ4v) is 3.32. The predicted molar refractivity (Wildman–Crippen MR) is 91.3 cm³/mol. The molecule has 0 fully saturated rings. The monoisotopic (exact) mass is 327 g/mol. The second kappa shape index (κ2) is 6.42. The van der Waals surface area contributed by atoms with Crippen molar-refractivity contribution in [3.8, 4) is 11.6 Å². The summed E-state index contributed by atoms with van der Waals surface area (Å²) < 4.78 is 5.40. The van der Waals surface area contributed by atoms with Crippen LogP contribution in [0.15, 0.2) is 52.1 Å². The zero-order valence-electron chi connectivity index (χ0n) is 13.2. The lowest BCUT2D eigenvalue weighted by Crippen LogP contribution is -2.29. The highest BCUT2D eigenvalue weighted by Crippen LogP contribution is 2.31. The molecule has 0 spiro atoms. The number of amides is 1. The molecular weight excluding hydrogens is 310 g/mol. The van der Waals surface area contributed by atoms with Crippen molar-refractivity contribution in [2.45, 2.75) is 17.2 Å². The summed E-state index contributed by atoms with van der Waals surface area (Å²) in [5, 5.41) is 1.49. The van der Waals surface area contributed by atoms with Crippen molar-refractivity contribution in [3.63, 3.8) is 0 Å². The summed E-state index contributed by atoms with van der Waals surface area (Å²) in [5.74, 6) is 1.20. The minimum Gasteiger partial charge on any atom is -0.461 e. The lowest BCUT2D eigenvalue weighted by atomic mass is 10.2. The Morgan fingerprint density at radius 2 is 1.96 bits per heavy atom. The first-order valence-corrected chi connectivity index (χ1v) is 8.12. The molecule has 0 saturated heterocycles. The van der Waals surface area contributed by atoms with Gasteiger partial charge in [0.05, 0.1) is 17.0 Å². The molecule has 0 unspecified atom stereocenters. The number of furan rings is 1. The Morgan fingerprint density at radius 1 is 1.17 bits per heavy atom. The summed E-state index contributed by atoms with van der Waals surface area (Å²) in [7, 11) is 3.51. The molecule has 0 radical (unpaired) electrons. The maximum absolute atomic E-state index is 12.1. The van der Waals surface area contributed by atoms with E-state index in [0.29, 0.717) is 11.6 Å². The summed E-state index contributed by atoms with van der Waals surface area (Å²) in [4.78, 5) is 22.9. The molecule has 3 rings (SSSR count). The molecule has 2 heterocycles. The molecule has 1 atom stereocenters. The van der Waals surface area contributed by atoms with Gasteiger partial charge in [-0.15, -0.1) is 0 Å². The Kier molecular flexibility index (Phi) is 4.34. The molecular formula is C17H17N3O2S. The van der Waals surface area contributed by atoms with Crippen molar-refractivity contribution in [1.29, 1.82) is 0 Å². The highest BCUT2D eigenvalue weighted by Gasteiger charge is 2.19. The quantitative estimate of drug-likeness (QED) is 0.542. The second-order valence-corrected chi connectivity index (χ2v) is 6.67. The van der Waals surface area contributed by atoms with Crippen LogP contribution in [0.25, 0.3) is 22.5 Å².